The van der Waals surface area contributed by atoms with Crippen LogP contribution < -0.4 is 10.6 Å². The molecule has 0 aliphatic carbocycles. The van der Waals surface area contributed by atoms with Gasteiger partial charge in [-0.1, -0.05) is 17.7 Å². The number of carbonyl (C=O) groups is 1. The summed E-state index contributed by atoms with van der Waals surface area (Å²) in [5.74, 6) is 0. The molecule has 0 spiro atoms. The highest BCUT2D eigenvalue weighted by atomic mass is 35.5. The number of amides is 1. The van der Waals surface area contributed by atoms with Gasteiger partial charge >= 0.3 is 6.09 Å². The minimum atomic E-state index is -0.533. The van der Waals surface area contributed by atoms with Crippen LogP contribution in [0.2, 0.25) is 5.02 Å². The monoisotopic (exact) mass is 325 g/mol. The standard InChI is InChI=1S/C16H24ClN3O2/c1-16(2,3)22-15(21)19-14-10-12(4-5-13(14)17)11-20-8-6-18-7-9-20/h4-5,10,18H,6-9,11H2,1-3H3,(H,19,21). The molecule has 0 saturated carbocycles. The molecular formula is C16H24ClN3O2. The molecule has 2 N–H and O–H groups in total. The fraction of sp³-hybridized carbons (Fsp3) is 0.562. The predicted molar refractivity (Wildman–Crippen MR) is 89.5 cm³/mol. The second kappa shape index (κ2) is 7.31. The number of hydrogen-bond donors (Lipinski definition) is 2. The van der Waals surface area contributed by atoms with E-state index in [0.29, 0.717) is 10.7 Å². The van der Waals surface area contributed by atoms with Crippen LogP contribution in [0.25, 0.3) is 0 Å². The summed E-state index contributed by atoms with van der Waals surface area (Å²) in [5.41, 5.74) is 1.18. The molecule has 1 aliphatic rings. The Morgan fingerprint density at radius 3 is 2.68 bits per heavy atom. The molecule has 22 heavy (non-hydrogen) atoms. The maximum Gasteiger partial charge on any atom is 0.412 e. The molecule has 1 aromatic rings. The van der Waals surface area contributed by atoms with Crippen molar-refractivity contribution in [3.05, 3.63) is 28.8 Å². The molecule has 0 aromatic heterocycles. The average Bonchev–Trinajstić information content (AvgIpc) is 2.41. The van der Waals surface area contributed by atoms with Gasteiger partial charge in [-0.2, -0.15) is 0 Å². The summed E-state index contributed by atoms with van der Waals surface area (Å²) in [7, 11) is 0. The highest BCUT2D eigenvalue weighted by Gasteiger charge is 2.17. The molecular weight excluding hydrogens is 302 g/mol. The first-order valence-corrected chi connectivity index (χ1v) is 7.93. The molecule has 1 heterocycles. The minimum Gasteiger partial charge on any atom is -0.444 e. The van der Waals surface area contributed by atoms with Crippen molar-refractivity contribution in [3.63, 3.8) is 0 Å². The van der Waals surface area contributed by atoms with Crippen LogP contribution in [-0.4, -0.2) is 42.8 Å². The van der Waals surface area contributed by atoms with Gasteiger partial charge in [0, 0.05) is 32.7 Å². The molecule has 1 aliphatic heterocycles. The average molecular weight is 326 g/mol. The Morgan fingerprint density at radius 2 is 2.05 bits per heavy atom. The Balaban J connectivity index is 2.01. The number of ether oxygens (including phenoxy) is 1. The minimum absolute atomic E-state index is 0.492. The Morgan fingerprint density at radius 1 is 1.36 bits per heavy atom. The summed E-state index contributed by atoms with van der Waals surface area (Å²) in [5, 5.41) is 6.56. The first-order chi connectivity index (χ1) is 10.3. The van der Waals surface area contributed by atoms with Crippen molar-refractivity contribution in [3.8, 4) is 0 Å². The lowest BCUT2D eigenvalue weighted by Crippen LogP contribution is -2.42. The van der Waals surface area contributed by atoms with E-state index in [-0.39, 0.29) is 0 Å². The van der Waals surface area contributed by atoms with Crippen LogP contribution in [0.15, 0.2) is 18.2 Å². The number of anilines is 1. The Labute approximate surface area is 137 Å². The summed E-state index contributed by atoms with van der Waals surface area (Å²) in [6.07, 6.45) is -0.492. The molecule has 0 unspecified atom stereocenters. The van der Waals surface area contributed by atoms with Crippen molar-refractivity contribution >= 4 is 23.4 Å². The molecule has 6 heteroatoms. The van der Waals surface area contributed by atoms with E-state index < -0.39 is 11.7 Å². The fourth-order valence-corrected chi connectivity index (χ4v) is 2.47. The lowest BCUT2D eigenvalue weighted by molar-refractivity contribution is 0.0636. The molecule has 1 amide bonds. The van der Waals surface area contributed by atoms with Gasteiger partial charge in [0.1, 0.15) is 5.60 Å². The fourth-order valence-electron chi connectivity index (χ4n) is 2.31. The van der Waals surface area contributed by atoms with E-state index in [1.54, 1.807) is 0 Å². The summed E-state index contributed by atoms with van der Waals surface area (Å²) in [6, 6.07) is 5.71. The van der Waals surface area contributed by atoms with Gasteiger partial charge < -0.3 is 10.1 Å². The molecule has 0 atom stereocenters. The molecule has 5 nitrogen and oxygen atoms in total. The van der Waals surface area contributed by atoms with Gasteiger partial charge in [-0.15, -0.1) is 0 Å². The maximum absolute atomic E-state index is 11.9. The maximum atomic E-state index is 11.9. The number of carbonyl (C=O) groups excluding carboxylic acids is 1. The number of nitrogens with zero attached hydrogens (tertiary/aromatic N) is 1. The number of benzene rings is 1. The number of nitrogens with one attached hydrogen (secondary N) is 2. The molecule has 0 bridgehead atoms. The normalized spacial score (nSPS) is 16.4. The molecule has 0 radical (unpaired) electrons. The third-order valence-electron chi connectivity index (χ3n) is 3.28. The second-order valence-electron chi connectivity index (χ2n) is 6.47. The van der Waals surface area contributed by atoms with E-state index in [4.69, 9.17) is 16.3 Å². The number of rotatable bonds is 3. The topological polar surface area (TPSA) is 53.6 Å². The molecule has 1 saturated heterocycles. The lowest BCUT2D eigenvalue weighted by Gasteiger charge is -2.27. The Kier molecular flexibility index (Phi) is 5.67. The third kappa shape index (κ3) is 5.48. The van der Waals surface area contributed by atoms with Crippen molar-refractivity contribution in [2.75, 3.05) is 31.5 Å². The number of hydrogen-bond acceptors (Lipinski definition) is 4. The van der Waals surface area contributed by atoms with Crippen LogP contribution in [0, 0.1) is 0 Å². The predicted octanol–water partition coefficient (Wildman–Crippen LogP) is 3.09. The molecule has 1 aromatic carbocycles. The van der Waals surface area contributed by atoms with Gasteiger partial charge in [0.2, 0.25) is 0 Å². The van der Waals surface area contributed by atoms with E-state index in [2.05, 4.69) is 15.5 Å². The largest absolute Gasteiger partial charge is 0.444 e. The van der Waals surface area contributed by atoms with Crippen LogP contribution >= 0.6 is 11.6 Å². The van der Waals surface area contributed by atoms with E-state index in [9.17, 15) is 4.79 Å². The molecule has 2 rings (SSSR count). The van der Waals surface area contributed by atoms with Crippen LogP contribution in [0.5, 0.6) is 0 Å². The van der Waals surface area contributed by atoms with Crippen molar-refractivity contribution in [2.24, 2.45) is 0 Å². The zero-order chi connectivity index (χ0) is 16.2. The van der Waals surface area contributed by atoms with Crippen molar-refractivity contribution in [1.82, 2.24) is 10.2 Å². The van der Waals surface area contributed by atoms with Gasteiger partial charge in [0.25, 0.3) is 0 Å². The van der Waals surface area contributed by atoms with Crippen LogP contribution in [0.1, 0.15) is 26.3 Å². The summed E-state index contributed by atoms with van der Waals surface area (Å²) in [6.45, 7) is 10.4. The van der Waals surface area contributed by atoms with E-state index in [1.807, 2.05) is 39.0 Å². The molecule has 122 valence electrons. The Hall–Kier alpha value is -1.30. The highest BCUT2D eigenvalue weighted by molar-refractivity contribution is 6.33. The smallest absolute Gasteiger partial charge is 0.412 e. The van der Waals surface area contributed by atoms with E-state index in [0.717, 1.165) is 38.3 Å². The summed E-state index contributed by atoms with van der Waals surface area (Å²) >= 11 is 6.16. The third-order valence-corrected chi connectivity index (χ3v) is 3.61. The van der Waals surface area contributed by atoms with Gasteiger partial charge in [-0.25, -0.2) is 4.79 Å². The van der Waals surface area contributed by atoms with Crippen LogP contribution in [0.4, 0.5) is 10.5 Å². The quantitative estimate of drug-likeness (QED) is 0.896. The van der Waals surface area contributed by atoms with Crippen molar-refractivity contribution in [2.45, 2.75) is 32.9 Å². The Bertz CT molecular complexity index is 523. The van der Waals surface area contributed by atoms with Gasteiger partial charge in [-0.05, 0) is 38.5 Å². The van der Waals surface area contributed by atoms with Gasteiger partial charge in [0.15, 0.2) is 0 Å². The number of piperazine rings is 1. The van der Waals surface area contributed by atoms with Crippen LogP contribution in [-0.2, 0) is 11.3 Å². The SMILES string of the molecule is CC(C)(C)OC(=O)Nc1cc(CN2CCNCC2)ccc1Cl. The first-order valence-electron chi connectivity index (χ1n) is 7.55. The highest BCUT2D eigenvalue weighted by Crippen LogP contribution is 2.24. The van der Waals surface area contributed by atoms with Gasteiger partial charge in [0.05, 0.1) is 10.7 Å². The summed E-state index contributed by atoms with van der Waals surface area (Å²) < 4.78 is 5.26. The number of halogens is 1. The van der Waals surface area contributed by atoms with E-state index in [1.165, 1.54) is 0 Å². The molecule has 1 fully saturated rings. The zero-order valence-electron chi connectivity index (χ0n) is 13.4. The van der Waals surface area contributed by atoms with Crippen molar-refractivity contribution in [1.29, 1.82) is 0 Å². The second-order valence-corrected chi connectivity index (χ2v) is 6.87. The lowest BCUT2D eigenvalue weighted by atomic mass is 10.1. The van der Waals surface area contributed by atoms with Gasteiger partial charge in [-0.3, -0.25) is 10.2 Å². The first kappa shape index (κ1) is 17.1. The zero-order valence-corrected chi connectivity index (χ0v) is 14.2. The van der Waals surface area contributed by atoms with E-state index >= 15 is 0 Å². The van der Waals surface area contributed by atoms with Crippen LogP contribution in [0.3, 0.4) is 0 Å². The van der Waals surface area contributed by atoms with Crippen molar-refractivity contribution < 1.29 is 9.53 Å². The summed E-state index contributed by atoms with van der Waals surface area (Å²) in [4.78, 5) is 14.2.